The normalized spacial score (nSPS) is 10.8. The van der Waals surface area contributed by atoms with Gasteiger partial charge in [0, 0.05) is 18.2 Å². The average Bonchev–Trinajstić information content (AvgIpc) is 3.17. The van der Waals surface area contributed by atoms with Crippen molar-refractivity contribution < 1.29 is 18.5 Å². The third-order valence-corrected chi connectivity index (χ3v) is 4.75. The van der Waals surface area contributed by atoms with E-state index in [1.54, 1.807) is 10.7 Å². The molecule has 0 bridgehead atoms. The number of rotatable bonds is 6. The van der Waals surface area contributed by atoms with Gasteiger partial charge >= 0.3 is 0 Å². The van der Waals surface area contributed by atoms with Crippen molar-refractivity contribution in [1.29, 1.82) is 0 Å². The van der Waals surface area contributed by atoms with Gasteiger partial charge in [-0.3, -0.25) is 19.6 Å². The van der Waals surface area contributed by atoms with E-state index in [1.807, 2.05) is 13.8 Å². The SMILES string of the molecule is CCc1cc(-c2ccc(C(=O)Nc3ccc(C)c(F)c3F)cc2[N+](=O)[O-])n(CC)n1. The first kappa shape index (κ1) is 21.1. The molecule has 0 atom stereocenters. The Kier molecular flexibility index (Phi) is 5.91. The van der Waals surface area contributed by atoms with Gasteiger partial charge in [-0.2, -0.15) is 5.10 Å². The van der Waals surface area contributed by atoms with Gasteiger partial charge in [-0.25, -0.2) is 8.78 Å². The van der Waals surface area contributed by atoms with Crippen molar-refractivity contribution in [2.45, 2.75) is 33.7 Å². The molecule has 0 radical (unpaired) electrons. The number of nitrogens with one attached hydrogen (secondary N) is 1. The van der Waals surface area contributed by atoms with Gasteiger partial charge in [0.2, 0.25) is 0 Å². The molecule has 3 rings (SSSR count). The van der Waals surface area contributed by atoms with Gasteiger partial charge in [0.05, 0.1) is 27.6 Å². The second-order valence-corrected chi connectivity index (χ2v) is 6.69. The molecule has 2 aromatic carbocycles. The summed E-state index contributed by atoms with van der Waals surface area (Å²) in [7, 11) is 0. The number of aromatic nitrogens is 2. The largest absolute Gasteiger partial charge is 0.319 e. The van der Waals surface area contributed by atoms with Gasteiger partial charge in [-0.1, -0.05) is 13.0 Å². The zero-order chi connectivity index (χ0) is 22.0. The van der Waals surface area contributed by atoms with Crippen LogP contribution in [0, 0.1) is 28.7 Å². The van der Waals surface area contributed by atoms with E-state index < -0.39 is 22.5 Å². The fraction of sp³-hybridized carbons (Fsp3) is 0.238. The summed E-state index contributed by atoms with van der Waals surface area (Å²) in [5.41, 5.74) is 1.10. The number of aryl methyl sites for hydroxylation is 3. The lowest BCUT2D eigenvalue weighted by Crippen LogP contribution is -2.14. The number of carbonyl (C=O) groups excluding carboxylic acids is 1. The first-order chi connectivity index (χ1) is 14.3. The molecule has 9 heteroatoms. The third-order valence-electron chi connectivity index (χ3n) is 4.75. The molecule has 0 aliphatic carbocycles. The molecule has 0 unspecified atom stereocenters. The van der Waals surface area contributed by atoms with Gasteiger partial charge in [0.1, 0.15) is 0 Å². The summed E-state index contributed by atoms with van der Waals surface area (Å²) in [5.74, 6) is -3.04. The zero-order valence-corrected chi connectivity index (χ0v) is 16.7. The van der Waals surface area contributed by atoms with Crippen molar-refractivity contribution in [3.8, 4) is 11.3 Å². The highest BCUT2D eigenvalue weighted by Crippen LogP contribution is 2.32. The molecule has 30 heavy (non-hydrogen) atoms. The van der Waals surface area contributed by atoms with Crippen LogP contribution >= 0.6 is 0 Å². The molecule has 1 amide bonds. The monoisotopic (exact) mass is 414 g/mol. The summed E-state index contributed by atoms with van der Waals surface area (Å²) in [4.78, 5) is 23.6. The summed E-state index contributed by atoms with van der Waals surface area (Å²) < 4.78 is 29.4. The van der Waals surface area contributed by atoms with Gasteiger partial charge in [0.15, 0.2) is 11.6 Å². The lowest BCUT2D eigenvalue weighted by molar-refractivity contribution is -0.384. The van der Waals surface area contributed by atoms with Crippen molar-refractivity contribution in [2.24, 2.45) is 0 Å². The standard InChI is InChI=1S/C21H20F2N4O3/c1-4-14-11-17(26(5-2)25-14)15-8-7-13(10-18(15)27(29)30)21(28)24-16-9-6-12(3)19(22)20(16)23/h6-11H,4-5H2,1-3H3,(H,24,28). The Morgan fingerprint density at radius 2 is 1.90 bits per heavy atom. The highest BCUT2D eigenvalue weighted by atomic mass is 19.2. The summed E-state index contributed by atoms with van der Waals surface area (Å²) in [5, 5.41) is 18.3. The molecule has 7 nitrogen and oxygen atoms in total. The van der Waals surface area contributed by atoms with Gasteiger partial charge in [-0.05, 0) is 50.1 Å². The number of nitrogens with zero attached hydrogens (tertiary/aromatic N) is 3. The van der Waals surface area contributed by atoms with E-state index in [1.165, 1.54) is 31.2 Å². The van der Waals surface area contributed by atoms with E-state index in [0.717, 1.165) is 11.8 Å². The van der Waals surface area contributed by atoms with Crippen LogP contribution in [0.25, 0.3) is 11.3 Å². The van der Waals surface area contributed by atoms with Crippen LogP contribution < -0.4 is 5.32 Å². The Morgan fingerprint density at radius 3 is 2.53 bits per heavy atom. The molecule has 0 fully saturated rings. The minimum atomic E-state index is -1.19. The van der Waals surface area contributed by atoms with Crippen molar-refractivity contribution in [3.05, 3.63) is 75.0 Å². The molecule has 156 valence electrons. The predicted octanol–water partition coefficient (Wildman–Crippen LogP) is 4.88. The van der Waals surface area contributed by atoms with E-state index in [4.69, 9.17) is 0 Å². The van der Waals surface area contributed by atoms with Crippen LogP contribution in [0.4, 0.5) is 20.2 Å². The Hall–Kier alpha value is -3.62. The van der Waals surface area contributed by atoms with E-state index in [0.29, 0.717) is 24.2 Å². The van der Waals surface area contributed by atoms with E-state index >= 15 is 0 Å². The average molecular weight is 414 g/mol. The number of hydrogen-bond acceptors (Lipinski definition) is 4. The number of carbonyl (C=O) groups is 1. The van der Waals surface area contributed by atoms with Crippen LogP contribution in [0.15, 0.2) is 36.4 Å². The molecule has 1 aromatic heterocycles. The van der Waals surface area contributed by atoms with Crippen LogP contribution in [-0.2, 0) is 13.0 Å². The Bertz CT molecular complexity index is 1140. The summed E-state index contributed by atoms with van der Waals surface area (Å²) >= 11 is 0. The number of halogens is 2. The summed E-state index contributed by atoms with van der Waals surface area (Å²) in [6.07, 6.45) is 0.674. The number of benzene rings is 2. The van der Waals surface area contributed by atoms with Crippen molar-refractivity contribution >= 4 is 17.3 Å². The predicted molar refractivity (Wildman–Crippen MR) is 108 cm³/mol. The number of hydrogen-bond donors (Lipinski definition) is 1. The van der Waals surface area contributed by atoms with Gasteiger partial charge in [0.25, 0.3) is 11.6 Å². The molecule has 1 N–H and O–H groups in total. The van der Waals surface area contributed by atoms with E-state index in [-0.39, 0.29) is 22.5 Å². The molecular formula is C21H20F2N4O3. The van der Waals surface area contributed by atoms with Crippen molar-refractivity contribution in [1.82, 2.24) is 9.78 Å². The quantitative estimate of drug-likeness (QED) is 0.460. The smallest absolute Gasteiger partial charge is 0.279 e. The maximum Gasteiger partial charge on any atom is 0.279 e. The van der Waals surface area contributed by atoms with Crippen LogP contribution in [0.2, 0.25) is 0 Å². The topological polar surface area (TPSA) is 90.1 Å². The summed E-state index contributed by atoms with van der Waals surface area (Å²) in [6.45, 7) is 5.73. The van der Waals surface area contributed by atoms with Crippen LogP contribution in [-0.4, -0.2) is 20.6 Å². The summed E-state index contributed by atoms with van der Waals surface area (Å²) in [6, 6.07) is 8.32. The molecular weight excluding hydrogens is 394 g/mol. The Balaban J connectivity index is 2.00. The minimum absolute atomic E-state index is 0.0517. The third kappa shape index (κ3) is 3.91. The molecule has 0 saturated heterocycles. The number of anilines is 1. The highest BCUT2D eigenvalue weighted by Gasteiger charge is 2.23. The minimum Gasteiger partial charge on any atom is -0.319 e. The first-order valence-corrected chi connectivity index (χ1v) is 9.38. The fourth-order valence-corrected chi connectivity index (χ4v) is 3.08. The highest BCUT2D eigenvalue weighted by molar-refractivity contribution is 6.05. The second-order valence-electron chi connectivity index (χ2n) is 6.69. The number of amides is 1. The number of nitro groups is 1. The van der Waals surface area contributed by atoms with Crippen LogP contribution in [0.1, 0.15) is 35.5 Å². The second kappa shape index (κ2) is 8.40. The van der Waals surface area contributed by atoms with E-state index in [9.17, 15) is 23.7 Å². The van der Waals surface area contributed by atoms with Gasteiger partial charge in [-0.15, -0.1) is 0 Å². The lowest BCUT2D eigenvalue weighted by Gasteiger charge is -2.10. The van der Waals surface area contributed by atoms with Crippen molar-refractivity contribution in [3.63, 3.8) is 0 Å². The van der Waals surface area contributed by atoms with Crippen LogP contribution in [0.3, 0.4) is 0 Å². The Morgan fingerprint density at radius 1 is 1.17 bits per heavy atom. The molecule has 0 saturated carbocycles. The van der Waals surface area contributed by atoms with Crippen LogP contribution in [0.5, 0.6) is 0 Å². The zero-order valence-electron chi connectivity index (χ0n) is 16.7. The first-order valence-electron chi connectivity index (χ1n) is 9.38. The fourth-order valence-electron chi connectivity index (χ4n) is 3.08. The maximum absolute atomic E-state index is 14.0. The van der Waals surface area contributed by atoms with Gasteiger partial charge < -0.3 is 5.32 Å². The lowest BCUT2D eigenvalue weighted by atomic mass is 10.0. The molecule has 0 aliphatic rings. The Labute approximate surface area is 171 Å². The molecule has 3 aromatic rings. The van der Waals surface area contributed by atoms with Crippen molar-refractivity contribution in [2.75, 3.05) is 5.32 Å². The molecule has 0 aliphatic heterocycles. The number of nitro benzene ring substituents is 1. The maximum atomic E-state index is 14.0. The van der Waals surface area contributed by atoms with E-state index in [2.05, 4.69) is 10.4 Å². The molecule has 1 heterocycles. The molecule has 0 spiro atoms.